The Morgan fingerprint density at radius 2 is 2.12 bits per heavy atom. The molecule has 0 radical (unpaired) electrons. The predicted molar refractivity (Wildman–Crippen MR) is 64.3 cm³/mol. The van der Waals surface area contributed by atoms with Gasteiger partial charge in [0.25, 0.3) is 0 Å². The maximum atomic E-state index is 12.9. The summed E-state index contributed by atoms with van der Waals surface area (Å²) in [6, 6.07) is 4.85. The highest BCUT2D eigenvalue weighted by Gasteiger charge is 2.08. The van der Waals surface area contributed by atoms with Crippen LogP contribution in [-0.4, -0.2) is 23.8 Å². The molecule has 0 heterocycles. The van der Waals surface area contributed by atoms with Crippen LogP contribution >= 0.6 is 11.6 Å². The zero-order chi connectivity index (χ0) is 12.1. The molecule has 0 saturated carbocycles. The van der Waals surface area contributed by atoms with Gasteiger partial charge in [-0.25, -0.2) is 4.39 Å². The molecule has 0 aliphatic heterocycles. The average molecular weight is 246 g/mol. The molecule has 0 aliphatic carbocycles. The number of aliphatic hydroxyl groups excluding tert-OH is 1. The third-order valence-electron chi connectivity index (χ3n) is 2.22. The van der Waals surface area contributed by atoms with E-state index in [1.807, 2.05) is 13.8 Å². The van der Waals surface area contributed by atoms with Crippen molar-refractivity contribution in [2.24, 2.45) is 0 Å². The Morgan fingerprint density at radius 3 is 2.69 bits per heavy atom. The van der Waals surface area contributed by atoms with Gasteiger partial charge in [0.1, 0.15) is 5.82 Å². The summed E-state index contributed by atoms with van der Waals surface area (Å²) in [5, 5.41) is 12.9. The molecule has 1 aromatic carbocycles. The van der Waals surface area contributed by atoms with E-state index in [2.05, 4.69) is 5.32 Å². The highest BCUT2D eigenvalue weighted by Crippen LogP contribution is 2.16. The molecular weight excluding hydrogens is 229 g/mol. The van der Waals surface area contributed by atoms with Crippen molar-refractivity contribution >= 4 is 11.6 Å². The quantitative estimate of drug-likeness (QED) is 0.835. The lowest BCUT2D eigenvalue weighted by Gasteiger charge is -2.14. The number of nitrogens with one attached hydrogen (secondary N) is 1. The number of benzene rings is 1. The van der Waals surface area contributed by atoms with Gasteiger partial charge in [0.15, 0.2) is 0 Å². The molecule has 90 valence electrons. The van der Waals surface area contributed by atoms with E-state index in [4.69, 9.17) is 11.6 Å². The van der Waals surface area contributed by atoms with Gasteiger partial charge in [0.2, 0.25) is 0 Å². The van der Waals surface area contributed by atoms with Gasteiger partial charge in [-0.2, -0.15) is 0 Å². The molecule has 4 heteroatoms. The van der Waals surface area contributed by atoms with E-state index < -0.39 is 11.9 Å². The highest BCUT2D eigenvalue weighted by molar-refractivity contribution is 6.30. The summed E-state index contributed by atoms with van der Waals surface area (Å²) in [6.07, 6.45) is -0.0105. The molecule has 0 fully saturated rings. The maximum Gasteiger partial charge on any atom is 0.141 e. The highest BCUT2D eigenvalue weighted by atomic mass is 35.5. The molecule has 1 aromatic rings. The van der Waals surface area contributed by atoms with Crippen molar-refractivity contribution in [3.05, 3.63) is 34.6 Å². The van der Waals surface area contributed by atoms with Crippen LogP contribution in [0.3, 0.4) is 0 Å². The van der Waals surface area contributed by atoms with Crippen LogP contribution in [0.5, 0.6) is 0 Å². The van der Waals surface area contributed by atoms with E-state index in [0.717, 1.165) is 5.56 Å². The summed E-state index contributed by atoms with van der Waals surface area (Å²) in [5.74, 6) is -0.430. The lowest BCUT2D eigenvalue weighted by Crippen LogP contribution is -2.33. The summed E-state index contributed by atoms with van der Waals surface area (Å²) < 4.78 is 12.9. The second-order valence-electron chi connectivity index (χ2n) is 4.17. The van der Waals surface area contributed by atoms with E-state index in [0.29, 0.717) is 19.0 Å². The summed E-state index contributed by atoms with van der Waals surface area (Å²) in [7, 11) is 0. The molecule has 2 nitrogen and oxygen atoms in total. The minimum absolute atomic E-state index is 0.0986. The standard InChI is InChI=1S/C12H17ClFNO/c1-8(2)15-7-10(16)5-9-3-4-12(14)11(13)6-9/h3-4,6,8,10,15-16H,5,7H2,1-2H3. The van der Waals surface area contributed by atoms with Crippen LogP contribution in [0.1, 0.15) is 19.4 Å². The lowest BCUT2D eigenvalue weighted by molar-refractivity contribution is 0.169. The van der Waals surface area contributed by atoms with Crippen LogP contribution in [0.4, 0.5) is 4.39 Å². The van der Waals surface area contributed by atoms with Crippen molar-refractivity contribution in [2.75, 3.05) is 6.54 Å². The molecular formula is C12H17ClFNO. The Morgan fingerprint density at radius 1 is 1.44 bits per heavy atom. The SMILES string of the molecule is CC(C)NCC(O)Cc1ccc(F)c(Cl)c1. The Labute approximate surface area is 100 Å². The fourth-order valence-corrected chi connectivity index (χ4v) is 1.59. The Balaban J connectivity index is 2.49. The van der Waals surface area contributed by atoms with E-state index >= 15 is 0 Å². The number of aliphatic hydroxyl groups is 1. The van der Waals surface area contributed by atoms with Crippen molar-refractivity contribution in [3.63, 3.8) is 0 Å². The van der Waals surface area contributed by atoms with Crippen molar-refractivity contribution in [1.29, 1.82) is 0 Å². The van der Waals surface area contributed by atoms with Crippen LogP contribution in [0.15, 0.2) is 18.2 Å². The van der Waals surface area contributed by atoms with Crippen LogP contribution < -0.4 is 5.32 Å². The molecule has 2 N–H and O–H groups in total. The van der Waals surface area contributed by atoms with E-state index in [1.54, 1.807) is 12.1 Å². The Kier molecular flexibility index (Phi) is 5.19. The normalized spacial score (nSPS) is 13.1. The molecule has 1 atom stereocenters. The van der Waals surface area contributed by atoms with Gasteiger partial charge in [0, 0.05) is 12.6 Å². The molecule has 0 bridgehead atoms. The van der Waals surface area contributed by atoms with Crippen molar-refractivity contribution in [1.82, 2.24) is 5.32 Å². The number of hydrogen-bond acceptors (Lipinski definition) is 2. The summed E-state index contributed by atoms with van der Waals surface area (Å²) in [4.78, 5) is 0. The van der Waals surface area contributed by atoms with Gasteiger partial charge in [-0.3, -0.25) is 0 Å². The minimum atomic E-state index is -0.482. The third-order valence-corrected chi connectivity index (χ3v) is 2.51. The van der Waals surface area contributed by atoms with Gasteiger partial charge in [0.05, 0.1) is 11.1 Å². The Hall–Kier alpha value is -0.640. The molecule has 1 rings (SSSR count). The van der Waals surface area contributed by atoms with Crippen molar-refractivity contribution in [2.45, 2.75) is 32.4 Å². The number of rotatable bonds is 5. The van der Waals surface area contributed by atoms with Crippen molar-refractivity contribution in [3.8, 4) is 0 Å². The van der Waals surface area contributed by atoms with Crippen LogP contribution in [0, 0.1) is 5.82 Å². The van der Waals surface area contributed by atoms with E-state index in [1.165, 1.54) is 6.07 Å². The lowest BCUT2D eigenvalue weighted by atomic mass is 10.1. The fraction of sp³-hybridized carbons (Fsp3) is 0.500. The van der Waals surface area contributed by atoms with E-state index in [9.17, 15) is 9.50 Å². The van der Waals surface area contributed by atoms with E-state index in [-0.39, 0.29) is 5.02 Å². The summed E-state index contributed by atoms with van der Waals surface area (Å²) >= 11 is 5.65. The molecule has 16 heavy (non-hydrogen) atoms. The zero-order valence-corrected chi connectivity index (χ0v) is 10.3. The molecule has 0 spiro atoms. The topological polar surface area (TPSA) is 32.3 Å². The first kappa shape index (κ1) is 13.4. The average Bonchev–Trinajstić information content (AvgIpc) is 2.21. The zero-order valence-electron chi connectivity index (χ0n) is 9.50. The van der Waals surface area contributed by atoms with Crippen molar-refractivity contribution < 1.29 is 9.50 Å². The first-order chi connectivity index (χ1) is 7.49. The largest absolute Gasteiger partial charge is 0.391 e. The fourth-order valence-electron chi connectivity index (χ4n) is 1.38. The monoisotopic (exact) mass is 245 g/mol. The third kappa shape index (κ3) is 4.47. The molecule has 0 aromatic heterocycles. The molecule has 1 unspecified atom stereocenters. The molecule has 0 aliphatic rings. The van der Waals surface area contributed by atoms with Gasteiger partial charge in [-0.15, -0.1) is 0 Å². The van der Waals surface area contributed by atoms with Gasteiger partial charge in [-0.05, 0) is 24.1 Å². The maximum absolute atomic E-state index is 12.9. The number of halogens is 2. The predicted octanol–water partition coefficient (Wildman–Crippen LogP) is 2.38. The summed E-state index contributed by atoms with van der Waals surface area (Å²) in [6.45, 7) is 4.55. The smallest absolute Gasteiger partial charge is 0.141 e. The van der Waals surface area contributed by atoms with Gasteiger partial charge in [-0.1, -0.05) is 31.5 Å². The molecule has 0 saturated heterocycles. The Bertz CT molecular complexity index is 344. The first-order valence-electron chi connectivity index (χ1n) is 5.34. The van der Waals surface area contributed by atoms with Crippen LogP contribution in [-0.2, 0) is 6.42 Å². The van der Waals surface area contributed by atoms with Crippen LogP contribution in [0.25, 0.3) is 0 Å². The van der Waals surface area contributed by atoms with Crippen LogP contribution in [0.2, 0.25) is 5.02 Å². The second-order valence-corrected chi connectivity index (χ2v) is 4.58. The molecule has 0 amide bonds. The minimum Gasteiger partial charge on any atom is -0.391 e. The number of hydrogen-bond donors (Lipinski definition) is 2. The first-order valence-corrected chi connectivity index (χ1v) is 5.72. The second kappa shape index (κ2) is 6.18. The van der Waals surface area contributed by atoms with Gasteiger partial charge < -0.3 is 10.4 Å². The van der Waals surface area contributed by atoms with Gasteiger partial charge >= 0.3 is 0 Å². The summed E-state index contributed by atoms with van der Waals surface area (Å²) in [5.41, 5.74) is 0.837.